The van der Waals surface area contributed by atoms with Crippen molar-refractivity contribution < 1.29 is 4.79 Å². The first-order valence-corrected chi connectivity index (χ1v) is 8.08. The molecule has 0 radical (unpaired) electrons. The Morgan fingerprint density at radius 1 is 1.36 bits per heavy atom. The van der Waals surface area contributed by atoms with E-state index in [1.807, 2.05) is 36.7 Å². The maximum absolute atomic E-state index is 12.0. The van der Waals surface area contributed by atoms with Gasteiger partial charge in [-0.15, -0.1) is 0 Å². The molecule has 0 unspecified atom stereocenters. The number of carbonyl (C=O) groups is 1. The van der Waals surface area contributed by atoms with Crippen molar-refractivity contribution in [2.45, 2.75) is 26.8 Å². The lowest BCUT2D eigenvalue weighted by Crippen LogP contribution is -2.15. The third-order valence-electron chi connectivity index (χ3n) is 3.25. The molecule has 0 fully saturated rings. The number of aromatic nitrogens is 3. The number of anilines is 1. The molecule has 1 aromatic carbocycles. The molecule has 22 heavy (non-hydrogen) atoms. The van der Waals surface area contributed by atoms with Gasteiger partial charge in [0.15, 0.2) is 5.13 Å². The number of rotatable bonds is 4. The summed E-state index contributed by atoms with van der Waals surface area (Å²) in [6.45, 7) is 4.48. The number of nitrogens with one attached hydrogen (secondary N) is 1. The Hall–Kier alpha value is -1.92. The molecule has 1 amide bonds. The summed E-state index contributed by atoms with van der Waals surface area (Å²) in [5, 5.41) is 8.43. The number of halogens is 1. The van der Waals surface area contributed by atoms with Crippen LogP contribution in [0.2, 0.25) is 5.02 Å². The molecule has 0 aliphatic rings. The molecule has 3 rings (SSSR count). The topological polar surface area (TPSA) is 59.8 Å². The number of aryl methyl sites for hydroxylation is 3. The highest BCUT2D eigenvalue weighted by atomic mass is 35.5. The molecule has 0 spiro atoms. The van der Waals surface area contributed by atoms with Crippen LogP contribution in [-0.4, -0.2) is 20.7 Å². The number of amides is 1. The summed E-state index contributed by atoms with van der Waals surface area (Å²) in [6, 6.07) is 7.48. The van der Waals surface area contributed by atoms with E-state index in [0.29, 0.717) is 23.1 Å². The first-order chi connectivity index (χ1) is 10.5. The minimum Gasteiger partial charge on any atom is -0.302 e. The van der Waals surface area contributed by atoms with Crippen LogP contribution in [0.3, 0.4) is 0 Å². The number of benzene rings is 1. The minimum atomic E-state index is -0.0716. The van der Waals surface area contributed by atoms with Crippen molar-refractivity contribution in [1.82, 2.24) is 14.8 Å². The molecule has 2 heterocycles. The second-order valence-corrected chi connectivity index (χ2v) is 6.55. The maximum atomic E-state index is 12.0. The smallest absolute Gasteiger partial charge is 0.228 e. The van der Waals surface area contributed by atoms with Crippen LogP contribution in [0, 0.1) is 13.8 Å². The van der Waals surface area contributed by atoms with Crippen LogP contribution in [-0.2, 0) is 11.3 Å². The van der Waals surface area contributed by atoms with Crippen molar-refractivity contribution in [3.8, 4) is 0 Å². The summed E-state index contributed by atoms with van der Waals surface area (Å²) in [6.07, 6.45) is 0.360. The van der Waals surface area contributed by atoms with E-state index in [2.05, 4.69) is 15.4 Å². The fourth-order valence-corrected chi connectivity index (χ4v) is 3.40. The van der Waals surface area contributed by atoms with E-state index < -0.39 is 0 Å². The third-order valence-corrected chi connectivity index (χ3v) is 4.42. The highest BCUT2D eigenvalue weighted by molar-refractivity contribution is 7.22. The summed E-state index contributed by atoms with van der Waals surface area (Å²) in [7, 11) is 0. The molecule has 0 aliphatic carbocycles. The fourth-order valence-electron chi connectivity index (χ4n) is 2.24. The van der Waals surface area contributed by atoms with E-state index in [-0.39, 0.29) is 5.91 Å². The van der Waals surface area contributed by atoms with Gasteiger partial charge in [-0.3, -0.25) is 9.48 Å². The average molecular weight is 335 g/mol. The Kier molecular flexibility index (Phi) is 4.13. The zero-order chi connectivity index (χ0) is 15.7. The lowest BCUT2D eigenvalue weighted by atomic mass is 10.3. The van der Waals surface area contributed by atoms with Gasteiger partial charge in [-0.05, 0) is 38.1 Å². The van der Waals surface area contributed by atoms with Gasteiger partial charge in [-0.1, -0.05) is 22.9 Å². The monoisotopic (exact) mass is 334 g/mol. The Bertz CT molecular complexity index is 839. The Balaban J connectivity index is 1.64. The molecule has 7 heteroatoms. The number of hydrogen-bond donors (Lipinski definition) is 1. The maximum Gasteiger partial charge on any atom is 0.228 e. The molecular formula is C15H15ClN4OS. The van der Waals surface area contributed by atoms with Gasteiger partial charge in [-0.2, -0.15) is 5.10 Å². The SMILES string of the molecule is Cc1cc(C)n(CCC(=O)Nc2nc3ccc(Cl)cc3s2)n1. The van der Waals surface area contributed by atoms with Crippen molar-refractivity contribution >= 4 is 44.2 Å². The normalized spacial score (nSPS) is 11.0. The van der Waals surface area contributed by atoms with Crippen molar-refractivity contribution in [3.63, 3.8) is 0 Å². The van der Waals surface area contributed by atoms with E-state index in [1.54, 1.807) is 6.07 Å². The predicted octanol–water partition coefficient (Wildman–Crippen LogP) is 3.79. The Labute approximate surface area is 136 Å². The second kappa shape index (κ2) is 6.06. The summed E-state index contributed by atoms with van der Waals surface area (Å²) in [5.74, 6) is -0.0716. The zero-order valence-corrected chi connectivity index (χ0v) is 13.8. The second-order valence-electron chi connectivity index (χ2n) is 5.08. The first kappa shape index (κ1) is 15.0. The van der Waals surface area contributed by atoms with Gasteiger partial charge in [0.25, 0.3) is 0 Å². The molecule has 0 atom stereocenters. The number of thiazole rings is 1. The zero-order valence-electron chi connectivity index (χ0n) is 12.3. The largest absolute Gasteiger partial charge is 0.302 e. The van der Waals surface area contributed by atoms with Crippen LogP contribution in [0.15, 0.2) is 24.3 Å². The van der Waals surface area contributed by atoms with Crippen LogP contribution in [0.25, 0.3) is 10.2 Å². The van der Waals surface area contributed by atoms with Crippen molar-refractivity contribution in [3.05, 3.63) is 40.7 Å². The molecule has 0 saturated carbocycles. The van der Waals surface area contributed by atoms with Gasteiger partial charge in [0, 0.05) is 23.7 Å². The summed E-state index contributed by atoms with van der Waals surface area (Å²) in [4.78, 5) is 16.4. The molecule has 0 aliphatic heterocycles. The molecule has 0 bridgehead atoms. The van der Waals surface area contributed by atoms with Crippen molar-refractivity contribution in [2.75, 3.05) is 5.32 Å². The highest BCUT2D eigenvalue weighted by Crippen LogP contribution is 2.28. The predicted molar refractivity (Wildman–Crippen MR) is 89.6 cm³/mol. The lowest BCUT2D eigenvalue weighted by molar-refractivity contribution is -0.116. The van der Waals surface area contributed by atoms with Crippen LogP contribution in [0.1, 0.15) is 17.8 Å². The summed E-state index contributed by atoms with van der Waals surface area (Å²) < 4.78 is 2.80. The lowest BCUT2D eigenvalue weighted by Gasteiger charge is -2.04. The van der Waals surface area contributed by atoms with Gasteiger partial charge >= 0.3 is 0 Å². The standard InChI is InChI=1S/C15H15ClN4OS/c1-9-7-10(2)20(19-9)6-5-14(21)18-15-17-12-4-3-11(16)8-13(12)22-15/h3-4,7-8H,5-6H2,1-2H3,(H,17,18,21). The fraction of sp³-hybridized carbons (Fsp3) is 0.267. The molecular weight excluding hydrogens is 320 g/mol. The van der Waals surface area contributed by atoms with E-state index >= 15 is 0 Å². The summed E-state index contributed by atoms with van der Waals surface area (Å²) in [5.41, 5.74) is 2.85. The van der Waals surface area contributed by atoms with Crippen molar-refractivity contribution in [2.24, 2.45) is 0 Å². The molecule has 3 aromatic rings. The Morgan fingerprint density at radius 3 is 2.91 bits per heavy atom. The number of nitrogens with zero attached hydrogens (tertiary/aromatic N) is 3. The van der Waals surface area contributed by atoms with Crippen LogP contribution in [0.4, 0.5) is 5.13 Å². The highest BCUT2D eigenvalue weighted by Gasteiger charge is 2.09. The molecule has 2 aromatic heterocycles. The molecule has 114 valence electrons. The first-order valence-electron chi connectivity index (χ1n) is 6.88. The number of fused-ring (bicyclic) bond motifs is 1. The van der Waals surface area contributed by atoms with Gasteiger partial charge in [0.05, 0.1) is 15.9 Å². The van der Waals surface area contributed by atoms with E-state index in [1.165, 1.54) is 11.3 Å². The quantitative estimate of drug-likeness (QED) is 0.789. The van der Waals surface area contributed by atoms with E-state index in [4.69, 9.17) is 11.6 Å². The van der Waals surface area contributed by atoms with Crippen LogP contribution in [0.5, 0.6) is 0 Å². The number of carbonyl (C=O) groups excluding carboxylic acids is 1. The third kappa shape index (κ3) is 3.28. The van der Waals surface area contributed by atoms with Gasteiger partial charge < -0.3 is 5.32 Å². The number of hydrogen-bond acceptors (Lipinski definition) is 4. The Morgan fingerprint density at radius 2 is 2.18 bits per heavy atom. The van der Waals surface area contributed by atoms with Gasteiger partial charge in [0.2, 0.25) is 5.91 Å². The van der Waals surface area contributed by atoms with Crippen LogP contribution >= 0.6 is 22.9 Å². The minimum absolute atomic E-state index is 0.0716. The average Bonchev–Trinajstić information content (AvgIpc) is 2.98. The van der Waals surface area contributed by atoms with Crippen LogP contribution < -0.4 is 5.32 Å². The molecule has 5 nitrogen and oxygen atoms in total. The molecule has 0 saturated heterocycles. The summed E-state index contributed by atoms with van der Waals surface area (Å²) >= 11 is 7.37. The van der Waals surface area contributed by atoms with Gasteiger partial charge in [-0.25, -0.2) is 4.98 Å². The van der Waals surface area contributed by atoms with E-state index in [0.717, 1.165) is 21.6 Å². The van der Waals surface area contributed by atoms with Crippen molar-refractivity contribution in [1.29, 1.82) is 0 Å². The van der Waals surface area contributed by atoms with Gasteiger partial charge in [0.1, 0.15) is 0 Å². The molecule has 1 N–H and O–H groups in total. The van der Waals surface area contributed by atoms with E-state index in [9.17, 15) is 4.79 Å².